The number of amides is 1. The van der Waals surface area contributed by atoms with Gasteiger partial charge in [-0.15, -0.1) is 16.7 Å². The van der Waals surface area contributed by atoms with Gasteiger partial charge >= 0.3 is 6.01 Å². The van der Waals surface area contributed by atoms with Gasteiger partial charge in [0.1, 0.15) is 11.9 Å². The molecule has 0 aromatic carbocycles. The number of nitrogens with zero attached hydrogens (tertiary/aromatic N) is 4. The van der Waals surface area contributed by atoms with Crippen LogP contribution in [-0.2, 0) is 4.79 Å². The lowest BCUT2D eigenvalue weighted by Crippen LogP contribution is -2.36. The summed E-state index contributed by atoms with van der Waals surface area (Å²) >= 11 is 5.83. The van der Waals surface area contributed by atoms with Crippen LogP contribution in [0.2, 0.25) is 0 Å². The van der Waals surface area contributed by atoms with Crippen LogP contribution in [0.1, 0.15) is 25.1 Å². The average molecular weight is 261 g/mol. The number of rotatable bonds is 5. The summed E-state index contributed by atoms with van der Waals surface area (Å²) in [5.74, 6) is 0.336. The Balaban J connectivity index is 2.75. The van der Waals surface area contributed by atoms with Gasteiger partial charge in [-0.3, -0.25) is 4.79 Å². The van der Waals surface area contributed by atoms with E-state index < -0.39 is 0 Å². The third-order valence-corrected chi connectivity index (χ3v) is 2.43. The molecule has 0 saturated carbocycles. The first-order chi connectivity index (χ1) is 7.95. The Morgan fingerprint density at radius 2 is 2.12 bits per heavy atom. The number of carbonyl (C=O) groups is 1. The molecule has 1 aromatic rings. The van der Waals surface area contributed by atoms with Crippen LogP contribution in [0.4, 0.5) is 6.01 Å². The molecule has 0 bridgehead atoms. The number of aromatic nitrogens is 2. The van der Waals surface area contributed by atoms with Gasteiger partial charge in [-0.25, -0.2) is 0 Å². The highest BCUT2D eigenvalue weighted by atomic mass is 35.5. The molecule has 0 radical (unpaired) electrons. The molecule has 96 valence electrons. The third-order valence-electron chi connectivity index (χ3n) is 2.25. The molecule has 0 aliphatic rings. The van der Waals surface area contributed by atoms with Gasteiger partial charge in [0, 0.05) is 20.6 Å². The number of alkyl halides is 1. The van der Waals surface area contributed by atoms with E-state index in [1.807, 2.05) is 6.92 Å². The van der Waals surface area contributed by atoms with Crippen molar-refractivity contribution in [2.45, 2.75) is 19.2 Å². The van der Waals surface area contributed by atoms with Crippen LogP contribution < -0.4 is 4.90 Å². The first-order valence-electron chi connectivity index (χ1n) is 5.38. The summed E-state index contributed by atoms with van der Waals surface area (Å²) in [6, 6.07) is 0.324. The normalized spacial score (nSPS) is 12.3. The zero-order chi connectivity index (χ0) is 13.0. The van der Waals surface area contributed by atoms with Crippen molar-refractivity contribution in [3.05, 3.63) is 5.89 Å². The second kappa shape index (κ2) is 5.86. The number of halogens is 1. The number of hydrogen-bond donors (Lipinski definition) is 0. The van der Waals surface area contributed by atoms with Crippen LogP contribution in [0.15, 0.2) is 4.42 Å². The molecule has 1 unspecified atom stereocenters. The van der Waals surface area contributed by atoms with Crippen LogP contribution in [0.3, 0.4) is 0 Å². The summed E-state index contributed by atoms with van der Waals surface area (Å²) in [5, 5.41) is 7.36. The minimum atomic E-state index is -0.334. The molecule has 1 aromatic heterocycles. The molecule has 1 amide bonds. The van der Waals surface area contributed by atoms with Gasteiger partial charge in [0.05, 0.1) is 0 Å². The molecule has 0 saturated heterocycles. The minimum Gasteiger partial charge on any atom is -0.406 e. The van der Waals surface area contributed by atoms with E-state index in [9.17, 15) is 4.79 Å². The van der Waals surface area contributed by atoms with Crippen molar-refractivity contribution >= 4 is 23.5 Å². The second-order valence-electron chi connectivity index (χ2n) is 3.84. The monoisotopic (exact) mass is 260 g/mol. The van der Waals surface area contributed by atoms with Gasteiger partial charge in [0.2, 0.25) is 11.8 Å². The standard InChI is InChI=1S/C10H17ClN4O2/c1-5-15(6-8(16)14(3)4)10-13-12-9(17-10)7(2)11/h7H,5-6H2,1-4H3. The first-order valence-corrected chi connectivity index (χ1v) is 5.82. The Labute approximate surface area is 106 Å². The molecular formula is C10H17ClN4O2. The first kappa shape index (κ1) is 13.8. The van der Waals surface area contributed by atoms with Crippen molar-refractivity contribution < 1.29 is 9.21 Å². The summed E-state index contributed by atoms with van der Waals surface area (Å²) in [5.41, 5.74) is 0. The molecule has 0 spiro atoms. The molecule has 1 rings (SSSR count). The van der Waals surface area contributed by atoms with Crippen LogP contribution in [0.25, 0.3) is 0 Å². The van der Waals surface area contributed by atoms with E-state index in [0.29, 0.717) is 18.5 Å². The Kier molecular flexibility index (Phi) is 4.74. The highest BCUT2D eigenvalue weighted by Crippen LogP contribution is 2.21. The van der Waals surface area contributed by atoms with Gasteiger partial charge in [0.15, 0.2) is 0 Å². The van der Waals surface area contributed by atoms with Gasteiger partial charge in [-0.05, 0) is 13.8 Å². The van der Waals surface area contributed by atoms with Gasteiger partial charge in [0.25, 0.3) is 0 Å². The third kappa shape index (κ3) is 3.59. The molecule has 17 heavy (non-hydrogen) atoms. The number of likely N-dealkylation sites (N-methyl/N-ethyl adjacent to an activating group) is 2. The molecule has 0 aliphatic heterocycles. The number of hydrogen-bond acceptors (Lipinski definition) is 5. The lowest BCUT2D eigenvalue weighted by atomic mass is 10.4. The van der Waals surface area contributed by atoms with Crippen LogP contribution in [-0.4, -0.2) is 48.2 Å². The largest absolute Gasteiger partial charge is 0.406 e. The molecule has 0 fully saturated rings. The molecule has 1 heterocycles. The Bertz CT molecular complexity index is 378. The summed E-state index contributed by atoms with van der Waals surface area (Å²) in [6.07, 6.45) is 0. The van der Waals surface area contributed by atoms with Gasteiger partial charge < -0.3 is 14.2 Å². The van der Waals surface area contributed by atoms with Crippen LogP contribution in [0, 0.1) is 0 Å². The van der Waals surface area contributed by atoms with Crippen molar-refractivity contribution in [1.29, 1.82) is 0 Å². The molecule has 1 atom stereocenters. The fourth-order valence-electron chi connectivity index (χ4n) is 1.13. The predicted octanol–water partition coefficient (Wildman–Crippen LogP) is 1.28. The quantitative estimate of drug-likeness (QED) is 0.747. The van der Waals surface area contributed by atoms with Crippen LogP contribution in [0.5, 0.6) is 0 Å². The minimum absolute atomic E-state index is 0.0227. The summed E-state index contributed by atoms with van der Waals surface area (Å²) in [6.45, 7) is 4.48. The highest BCUT2D eigenvalue weighted by Gasteiger charge is 2.18. The van der Waals surface area contributed by atoms with Crippen molar-refractivity contribution in [1.82, 2.24) is 15.1 Å². The van der Waals surface area contributed by atoms with Crippen molar-refractivity contribution in [3.8, 4) is 0 Å². The highest BCUT2D eigenvalue weighted by molar-refractivity contribution is 6.20. The maximum Gasteiger partial charge on any atom is 0.318 e. The Morgan fingerprint density at radius 3 is 2.53 bits per heavy atom. The van der Waals surface area contributed by atoms with Crippen molar-refractivity contribution in [3.63, 3.8) is 0 Å². The van der Waals surface area contributed by atoms with E-state index in [4.69, 9.17) is 16.0 Å². The van der Waals surface area contributed by atoms with Crippen molar-refractivity contribution in [2.24, 2.45) is 0 Å². The smallest absolute Gasteiger partial charge is 0.318 e. The summed E-state index contributed by atoms with van der Waals surface area (Å²) in [7, 11) is 3.41. The van der Waals surface area contributed by atoms with E-state index >= 15 is 0 Å². The molecule has 0 N–H and O–H groups in total. The predicted molar refractivity (Wildman–Crippen MR) is 65.1 cm³/mol. The average Bonchev–Trinajstić information content (AvgIpc) is 2.74. The number of anilines is 1. The summed E-state index contributed by atoms with van der Waals surface area (Å²) in [4.78, 5) is 14.8. The molecule has 6 nitrogen and oxygen atoms in total. The van der Waals surface area contributed by atoms with Crippen molar-refractivity contribution in [2.75, 3.05) is 32.1 Å². The topological polar surface area (TPSA) is 62.5 Å². The van der Waals surface area contributed by atoms with E-state index in [-0.39, 0.29) is 17.8 Å². The lowest BCUT2D eigenvalue weighted by Gasteiger charge is -2.19. The fourth-order valence-corrected chi connectivity index (χ4v) is 1.22. The van der Waals surface area contributed by atoms with E-state index in [1.54, 1.807) is 25.9 Å². The van der Waals surface area contributed by atoms with Gasteiger partial charge in [-0.1, -0.05) is 5.10 Å². The zero-order valence-corrected chi connectivity index (χ0v) is 11.2. The Hall–Kier alpha value is -1.30. The summed E-state index contributed by atoms with van der Waals surface area (Å²) < 4.78 is 5.38. The SMILES string of the molecule is CCN(CC(=O)N(C)C)c1nnc(C(C)Cl)o1. The maximum atomic E-state index is 11.6. The maximum absolute atomic E-state index is 11.6. The van der Waals surface area contributed by atoms with E-state index in [0.717, 1.165) is 0 Å². The molecule has 0 aliphatic carbocycles. The molecule has 7 heteroatoms. The van der Waals surface area contributed by atoms with E-state index in [2.05, 4.69) is 10.2 Å². The van der Waals surface area contributed by atoms with Crippen LogP contribution >= 0.6 is 11.6 Å². The van der Waals surface area contributed by atoms with E-state index in [1.165, 1.54) is 4.90 Å². The fraction of sp³-hybridized carbons (Fsp3) is 0.700. The molecular weight excluding hydrogens is 244 g/mol. The number of carbonyl (C=O) groups excluding carboxylic acids is 1. The lowest BCUT2D eigenvalue weighted by molar-refractivity contribution is -0.127. The second-order valence-corrected chi connectivity index (χ2v) is 4.50. The Morgan fingerprint density at radius 1 is 1.47 bits per heavy atom. The van der Waals surface area contributed by atoms with Gasteiger partial charge in [-0.2, -0.15) is 0 Å². The zero-order valence-electron chi connectivity index (χ0n) is 10.5.